The van der Waals surface area contributed by atoms with Crippen LogP contribution < -0.4 is 14.8 Å². The van der Waals surface area contributed by atoms with E-state index in [9.17, 15) is 13.2 Å². The predicted molar refractivity (Wildman–Crippen MR) is 135 cm³/mol. The van der Waals surface area contributed by atoms with Gasteiger partial charge in [-0.3, -0.25) is 4.79 Å². The number of nitrogens with one attached hydrogen (secondary N) is 1. The Balaban J connectivity index is 1.27. The Kier molecular flexibility index (Phi) is 8.05. The molecule has 3 aromatic rings. The molecule has 1 aliphatic heterocycles. The smallest absolute Gasteiger partial charge is 0.255 e. The lowest BCUT2D eigenvalue weighted by Gasteiger charge is -2.29. The molecule has 1 fully saturated rings. The lowest BCUT2D eigenvalue weighted by Crippen LogP contribution is -2.37. The first-order chi connectivity index (χ1) is 16.9. The standard InChI is InChI=1S/C27H30N2O5S/c1-21-15-17-29(18-16-21)35(31,32)26-13-9-23(10-14-26)28-27(30)22-7-11-25(12-8-22)34-20-19-33-24-5-3-2-4-6-24/h2-14,21H,15-20H2,1H3,(H,28,30). The highest BCUT2D eigenvalue weighted by molar-refractivity contribution is 7.89. The summed E-state index contributed by atoms with van der Waals surface area (Å²) in [5.41, 5.74) is 0.997. The van der Waals surface area contributed by atoms with Crippen molar-refractivity contribution < 1.29 is 22.7 Å². The van der Waals surface area contributed by atoms with Gasteiger partial charge in [-0.25, -0.2) is 8.42 Å². The summed E-state index contributed by atoms with van der Waals surface area (Å²) in [6.07, 6.45) is 1.75. The van der Waals surface area contributed by atoms with Crippen LogP contribution in [0.1, 0.15) is 30.1 Å². The monoisotopic (exact) mass is 494 g/mol. The van der Waals surface area contributed by atoms with E-state index in [0.29, 0.717) is 49.2 Å². The molecule has 0 unspecified atom stereocenters. The molecule has 0 saturated carbocycles. The Hall–Kier alpha value is -3.36. The van der Waals surface area contributed by atoms with Gasteiger partial charge in [0, 0.05) is 24.3 Å². The Morgan fingerprint density at radius 1 is 0.857 bits per heavy atom. The highest BCUT2D eigenvalue weighted by Crippen LogP contribution is 2.24. The lowest BCUT2D eigenvalue weighted by atomic mass is 10.0. The number of anilines is 1. The maximum Gasteiger partial charge on any atom is 0.255 e. The first kappa shape index (κ1) is 24.8. The largest absolute Gasteiger partial charge is 0.490 e. The molecule has 0 radical (unpaired) electrons. The summed E-state index contributed by atoms with van der Waals surface area (Å²) in [7, 11) is -3.52. The minimum Gasteiger partial charge on any atom is -0.490 e. The molecule has 3 aromatic carbocycles. The minimum absolute atomic E-state index is 0.239. The molecule has 184 valence electrons. The van der Waals surface area contributed by atoms with Crippen LogP contribution in [0.25, 0.3) is 0 Å². The Morgan fingerprint density at radius 3 is 2.03 bits per heavy atom. The molecule has 1 saturated heterocycles. The molecule has 1 heterocycles. The van der Waals surface area contributed by atoms with E-state index >= 15 is 0 Å². The van der Waals surface area contributed by atoms with Gasteiger partial charge in [0.2, 0.25) is 10.0 Å². The summed E-state index contributed by atoms with van der Waals surface area (Å²) >= 11 is 0. The molecule has 0 aliphatic carbocycles. The molecule has 1 amide bonds. The van der Waals surface area contributed by atoms with Gasteiger partial charge < -0.3 is 14.8 Å². The zero-order valence-corrected chi connectivity index (χ0v) is 20.5. The van der Waals surface area contributed by atoms with Crippen molar-refractivity contribution in [2.45, 2.75) is 24.7 Å². The average Bonchev–Trinajstić information content (AvgIpc) is 2.88. The second-order valence-corrected chi connectivity index (χ2v) is 10.5. The molecule has 8 heteroatoms. The van der Waals surface area contributed by atoms with Gasteiger partial charge in [0.05, 0.1) is 4.90 Å². The van der Waals surface area contributed by atoms with Gasteiger partial charge in [0.25, 0.3) is 5.91 Å². The van der Waals surface area contributed by atoms with Gasteiger partial charge in [-0.05, 0) is 79.4 Å². The number of carbonyl (C=O) groups excluding carboxylic acids is 1. The maximum absolute atomic E-state index is 12.9. The molecular formula is C27H30N2O5S. The minimum atomic E-state index is -3.52. The summed E-state index contributed by atoms with van der Waals surface area (Å²) in [5, 5.41) is 2.80. The number of amides is 1. The first-order valence-electron chi connectivity index (χ1n) is 11.7. The third-order valence-corrected chi connectivity index (χ3v) is 7.89. The van der Waals surface area contributed by atoms with Crippen LogP contribution in [0.5, 0.6) is 11.5 Å². The molecule has 4 rings (SSSR count). The number of rotatable bonds is 9. The van der Waals surface area contributed by atoms with Crippen LogP contribution in [0.3, 0.4) is 0 Å². The number of piperidine rings is 1. The van der Waals surface area contributed by atoms with Crippen molar-refractivity contribution in [3.05, 3.63) is 84.4 Å². The number of carbonyl (C=O) groups is 1. The van der Waals surface area contributed by atoms with Gasteiger partial charge in [-0.1, -0.05) is 25.1 Å². The van der Waals surface area contributed by atoms with Crippen molar-refractivity contribution in [3.8, 4) is 11.5 Å². The predicted octanol–water partition coefficient (Wildman–Crippen LogP) is 4.82. The van der Waals surface area contributed by atoms with Crippen LogP contribution in [0.2, 0.25) is 0 Å². The molecule has 0 atom stereocenters. The third-order valence-electron chi connectivity index (χ3n) is 5.97. The van der Waals surface area contributed by atoms with Gasteiger partial charge >= 0.3 is 0 Å². The number of ether oxygens (including phenoxy) is 2. The normalized spacial score (nSPS) is 14.9. The Morgan fingerprint density at radius 2 is 1.43 bits per heavy atom. The van der Waals surface area contributed by atoms with E-state index in [4.69, 9.17) is 9.47 Å². The number of para-hydroxylation sites is 1. The van der Waals surface area contributed by atoms with Crippen molar-refractivity contribution in [2.75, 3.05) is 31.6 Å². The summed E-state index contributed by atoms with van der Waals surface area (Å²) in [6.45, 7) is 4.02. The summed E-state index contributed by atoms with van der Waals surface area (Å²) in [6, 6.07) is 22.6. The van der Waals surface area contributed by atoms with Crippen molar-refractivity contribution in [3.63, 3.8) is 0 Å². The molecule has 1 N–H and O–H groups in total. The van der Waals surface area contributed by atoms with Gasteiger partial charge in [0.15, 0.2) is 0 Å². The number of sulfonamides is 1. The van der Waals surface area contributed by atoms with Crippen LogP contribution >= 0.6 is 0 Å². The molecule has 0 spiro atoms. The summed E-state index contributed by atoms with van der Waals surface area (Å²) in [4.78, 5) is 12.8. The molecule has 7 nitrogen and oxygen atoms in total. The maximum atomic E-state index is 12.9. The van der Waals surface area contributed by atoms with E-state index in [-0.39, 0.29) is 10.8 Å². The van der Waals surface area contributed by atoms with E-state index in [1.54, 1.807) is 36.4 Å². The van der Waals surface area contributed by atoms with Crippen LogP contribution in [-0.2, 0) is 10.0 Å². The second-order valence-electron chi connectivity index (χ2n) is 8.60. The fourth-order valence-corrected chi connectivity index (χ4v) is 5.30. The number of hydrogen-bond donors (Lipinski definition) is 1. The molecule has 35 heavy (non-hydrogen) atoms. The van der Waals surface area contributed by atoms with Crippen LogP contribution in [0, 0.1) is 5.92 Å². The molecular weight excluding hydrogens is 464 g/mol. The van der Waals surface area contributed by atoms with Gasteiger partial charge in [-0.2, -0.15) is 4.31 Å². The Labute approximate surface area is 206 Å². The van der Waals surface area contributed by atoms with E-state index in [1.165, 1.54) is 16.4 Å². The van der Waals surface area contributed by atoms with E-state index in [0.717, 1.165) is 18.6 Å². The summed E-state index contributed by atoms with van der Waals surface area (Å²) in [5.74, 6) is 1.69. The number of hydrogen-bond acceptors (Lipinski definition) is 5. The lowest BCUT2D eigenvalue weighted by molar-refractivity contribution is 0.102. The third kappa shape index (κ3) is 6.61. The van der Waals surface area contributed by atoms with Gasteiger partial charge in [-0.15, -0.1) is 0 Å². The average molecular weight is 495 g/mol. The van der Waals surface area contributed by atoms with Crippen LogP contribution in [0.4, 0.5) is 5.69 Å². The molecule has 0 aromatic heterocycles. The topological polar surface area (TPSA) is 84.9 Å². The van der Waals surface area contributed by atoms with E-state index in [1.807, 2.05) is 30.3 Å². The van der Waals surface area contributed by atoms with E-state index < -0.39 is 10.0 Å². The summed E-state index contributed by atoms with van der Waals surface area (Å²) < 4.78 is 38.5. The SMILES string of the molecule is CC1CCN(S(=O)(=O)c2ccc(NC(=O)c3ccc(OCCOc4ccccc4)cc3)cc2)CC1. The fraction of sp³-hybridized carbons (Fsp3) is 0.296. The van der Waals surface area contributed by atoms with Crippen molar-refractivity contribution in [1.82, 2.24) is 4.31 Å². The van der Waals surface area contributed by atoms with Crippen molar-refractivity contribution >= 4 is 21.6 Å². The van der Waals surface area contributed by atoms with Crippen molar-refractivity contribution in [2.24, 2.45) is 5.92 Å². The van der Waals surface area contributed by atoms with Crippen LogP contribution in [0.15, 0.2) is 83.8 Å². The van der Waals surface area contributed by atoms with E-state index in [2.05, 4.69) is 12.2 Å². The highest BCUT2D eigenvalue weighted by Gasteiger charge is 2.27. The molecule has 0 bridgehead atoms. The van der Waals surface area contributed by atoms with Crippen molar-refractivity contribution in [1.29, 1.82) is 0 Å². The number of nitrogens with zero attached hydrogens (tertiary/aromatic N) is 1. The first-order valence-corrected chi connectivity index (χ1v) is 13.2. The highest BCUT2D eigenvalue weighted by atomic mass is 32.2. The zero-order chi connectivity index (χ0) is 24.7. The quantitative estimate of drug-likeness (QED) is 0.431. The Bertz CT molecular complexity index is 1200. The fourth-order valence-electron chi connectivity index (χ4n) is 3.83. The van der Waals surface area contributed by atoms with Crippen LogP contribution in [-0.4, -0.2) is 44.9 Å². The van der Waals surface area contributed by atoms with Gasteiger partial charge in [0.1, 0.15) is 24.7 Å². The zero-order valence-electron chi connectivity index (χ0n) is 19.7. The number of benzene rings is 3. The second kappa shape index (κ2) is 11.4. The molecule has 1 aliphatic rings.